The molecule has 0 N–H and O–H groups in total. The molecule has 0 atom stereocenters. The molecule has 0 radical (unpaired) electrons. The molecule has 278 valence electrons. The number of fused-ring (bicyclic) bond motifs is 4. The second kappa shape index (κ2) is 13.9. The van der Waals surface area contributed by atoms with Crippen LogP contribution in [0.25, 0.3) is 38.8 Å². The summed E-state index contributed by atoms with van der Waals surface area (Å²) in [6.45, 7) is 16.9. The Balaban J connectivity index is 1.27. The lowest BCUT2D eigenvalue weighted by molar-refractivity contribution is 0.641. The standard InChI is InChI=1S/C52H50N4/c1-34(2)42-19-15-20-43(35(3)4)51(42)37-29-39(31-41(30-37)55-33-54(40-16-9-8-10-17-40)47-22-13-14-23-48(47)55)52(6,7)38-24-25-45-44-18-11-12-21-46(44)56(49(45)32-38)50-28-36(5)26-27-53-50/h8-32,34-35H,33H2,1-7H3. The molecule has 6 aromatic carbocycles. The topological polar surface area (TPSA) is 24.3 Å². The molecule has 1 aliphatic rings. The number of anilines is 4. The number of para-hydroxylation sites is 4. The highest BCUT2D eigenvalue weighted by atomic mass is 15.4. The minimum absolute atomic E-state index is 0.344. The Bertz CT molecular complexity index is 2710. The molecule has 8 aromatic rings. The van der Waals surface area contributed by atoms with Gasteiger partial charge in [-0.2, -0.15) is 0 Å². The molecule has 2 aromatic heterocycles. The zero-order chi connectivity index (χ0) is 38.7. The summed E-state index contributed by atoms with van der Waals surface area (Å²) in [5.74, 6) is 1.70. The van der Waals surface area contributed by atoms with Crippen LogP contribution in [0.1, 0.15) is 81.2 Å². The fourth-order valence-electron chi connectivity index (χ4n) is 8.84. The van der Waals surface area contributed by atoms with Gasteiger partial charge in [-0.3, -0.25) is 4.57 Å². The minimum atomic E-state index is -0.344. The molecule has 0 bridgehead atoms. The van der Waals surface area contributed by atoms with Gasteiger partial charge in [-0.15, -0.1) is 0 Å². The SMILES string of the molecule is Cc1ccnc(-n2c3ccccc3c3ccc(C(C)(C)c4cc(-c5c(C(C)C)cccc5C(C)C)cc(N5CN(c6ccccc6)c6ccccc65)c4)cc32)c1. The summed E-state index contributed by atoms with van der Waals surface area (Å²) in [7, 11) is 0. The molecule has 0 saturated heterocycles. The Morgan fingerprint density at radius 2 is 1.20 bits per heavy atom. The molecule has 0 saturated carbocycles. The van der Waals surface area contributed by atoms with Crippen LogP contribution in [-0.2, 0) is 5.41 Å². The summed E-state index contributed by atoms with van der Waals surface area (Å²) in [5.41, 5.74) is 16.0. The van der Waals surface area contributed by atoms with Crippen LogP contribution in [0.15, 0.2) is 152 Å². The summed E-state index contributed by atoms with van der Waals surface area (Å²) in [6.07, 6.45) is 1.92. The summed E-state index contributed by atoms with van der Waals surface area (Å²) in [4.78, 5) is 9.81. The maximum absolute atomic E-state index is 4.88. The van der Waals surface area contributed by atoms with Crippen molar-refractivity contribution in [3.8, 4) is 16.9 Å². The van der Waals surface area contributed by atoms with E-state index in [4.69, 9.17) is 4.98 Å². The normalized spacial score (nSPS) is 13.1. The number of pyridine rings is 1. The van der Waals surface area contributed by atoms with Crippen molar-refractivity contribution in [1.29, 1.82) is 0 Å². The van der Waals surface area contributed by atoms with E-state index < -0.39 is 0 Å². The maximum atomic E-state index is 4.88. The van der Waals surface area contributed by atoms with Gasteiger partial charge in [0.05, 0.1) is 22.4 Å². The van der Waals surface area contributed by atoms with Crippen molar-refractivity contribution in [2.45, 2.75) is 65.7 Å². The number of rotatable bonds is 8. The Morgan fingerprint density at radius 3 is 1.89 bits per heavy atom. The van der Waals surface area contributed by atoms with Gasteiger partial charge in [0, 0.05) is 33.8 Å². The number of aromatic nitrogens is 2. The van der Waals surface area contributed by atoms with Gasteiger partial charge < -0.3 is 9.80 Å². The van der Waals surface area contributed by atoms with E-state index in [0.717, 1.165) is 12.5 Å². The molecule has 56 heavy (non-hydrogen) atoms. The third-order valence-electron chi connectivity index (χ3n) is 12.0. The van der Waals surface area contributed by atoms with Crippen molar-refractivity contribution in [2.24, 2.45) is 0 Å². The van der Waals surface area contributed by atoms with Crippen LogP contribution in [0.4, 0.5) is 22.7 Å². The molecule has 4 heteroatoms. The summed E-state index contributed by atoms with van der Waals surface area (Å²) < 4.78 is 2.34. The molecule has 0 amide bonds. The van der Waals surface area contributed by atoms with Gasteiger partial charge in [0.15, 0.2) is 0 Å². The van der Waals surface area contributed by atoms with Crippen molar-refractivity contribution < 1.29 is 0 Å². The van der Waals surface area contributed by atoms with E-state index in [-0.39, 0.29) is 5.41 Å². The quantitative estimate of drug-likeness (QED) is 0.156. The molecule has 4 nitrogen and oxygen atoms in total. The van der Waals surface area contributed by atoms with Crippen molar-refractivity contribution in [3.63, 3.8) is 0 Å². The van der Waals surface area contributed by atoms with Crippen LogP contribution >= 0.6 is 0 Å². The average Bonchev–Trinajstić information content (AvgIpc) is 3.77. The lowest BCUT2D eigenvalue weighted by Crippen LogP contribution is -2.25. The van der Waals surface area contributed by atoms with Crippen LogP contribution in [0, 0.1) is 6.92 Å². The highest BCUT2D eigenvalue weighted by Crippen LogP contribution is 2.48. The number of aryl methyl sites for hydroxylation is 1. The first-order valence-corrected chi connectivity index (χ1v) is 20.0. The minimum Gasteiger partial charge on any atom is -0.321 e. The van der Waals surface area contributed by atoms with E-state index in [1.807, 2.05) is 6.20 Å². The van der Waals surface area contributed by atoms with E-state index in [1.54, 1.807) is 0 Å². The number of hydrogen-bond acceptors (Lipinski definition) is 3. The zero-order valence-corrected chi connectivity index (χ0v) is 33.6. The van der Waals surface area contributed by atoms with Crippen molar-refractivity contribution in [2.75, 3.05) is 16.5 Å². The van der Waals surface area contributed by atoms with Crippen LogP contribution in [0.5, 0.6) is 0 Å². The third kappa shape index (κ3) is 5.96. The first kappa shape index (κ1) is 35.6. The van der Waals surface area contributed by atoms with Crippen molar-refractivity contribution in [1.82, 2.24) is 9.55 Å². The van der Waals surface area contributed by atoms with Gasteiger partial charge in [-0.05, 0) is 118 Å². The predicted octanol–water partition coefficient (Wildman–Crippen LogP) is 14.0. The van der Waals surface area contributed by atoms with Crippen LogP contribution in [0.3, 0.4) is 0 Å². The molecular formula is C52H50N4. The molecular weight excluding hydrogens is 681 g/mol. The molecule has 0 unspecified atom stereocenters. The van der Waals surface area contributed by atoms with Crippen LogP contribution in [-0.4, -0.2) is 16.2 Å². The van der Waals surface area contributed by atoms with E-state index in [1.165, 1.54) is 83.5 Å². The Kier molecular flexibility index (Phi) is 8.81. The molecule has 0 aliphatic carbocycles. The fourth-order valence-corrected chi connectivity index (χ4v) is 8.84. The van der Waals surface area contributed by atoms with Gasteiger partial charge in [0.25, 0.3) is 0 Å². The fraction of sp³-hybridized carbons (Fsp3) is 0.212. The zero-order valence-electron chi connectivity index (χ0n) is 33.6. The average molecular weight is 731 g/mol. The number of hydrogen-bond donors (Lipinski definition) is 0. The van der Waals surface area contributed by atoms with Gasteiger partial charge in [0.1, 0.15) is 12.5 Å². The van der Waals surface area contributed by atoms with E-state index in [9.17, 15) is 0 Å². The van der Waals surface area contributed by atoms with E-state index in [2.05, 4.69) is 208 Å². The Labute approximate surface area is 331 Å². The van der Waals surface area contributed by atoms with Gasteiger partial charge in [-0.1, -0.05) is 126 Å². The number of benzene rings is 6. The smallest absolute Gasteiger partial charge is 0.137 e. The van der Waals surface area contributed by atoms with Gasteiger partial charge in [0.2, 0.25) is 0 Å². The summed E-state index contributed by atoms with van der Waals surface area (Å²) >= 11 is 0. The monoisotopic (exact) mass is 730 g/mol. The summed E-state index contributed by atoms with van der Waals surface area (Å²) in [5, 5.41) is 2.47. The number of nitrogens with zero attached hydrogens (tertiary/aromatic N) is 4. The van der Waals surface area contributed by atoms with Gasteiger partial charge in [-0.25, -0.2) is 4.98 Å². The molecule has 0 spiro atoms. The Hall–Kier alpha value is -6.13. The van der Waals surface area contributed by atoms with Crippen molar-refractivity contribution in [3.05, 3.63) is 180 Å². The highest BCUT2D eigenvalue weighted by molar-refractivity contribution is 6.09. The first-order chi connectivity index (χ1) is 27.1. The highest BCUT2D eigenvalue weighted by Gasteiger charge is 2.32. The van der Waals surface area contributed by atoms with Crippen molar-refractivity contribution >= 4 is 44.6 Å². The summed E-state index contributed by atoms with van der Waals surface area (Å²) in [6, 6.07) is 53.9. The van der Waals surface area contributed by atoms with E-state index >= 15 is 0 Å². The largest absolute Gasteiger partial charge is 0.321 e. The molecule has 9 rings (SSSR count). The lowest BCUT2D eigenvalue weighted by atomic mass is 9.76. The first-order valence-electron chi connectivity index (χ1n) is 20.0. The lowest BCUT2D eigenvalue weighted by Gasteiger charge is -2.31. The van der Waals surface area contributed by atoms with Gasteiger partial charge >= 0.3 is 0 Å². The van der Waals surface area contributed by atoms with Crippen LogP contribution < -0.4 is 9.80 Å². The van der Waals surface area contributed by atoms with E-state index in [0.29, 0.717) is 11.8 Å². The predicted molar refractivity (Wildman–Crippen MR) is 238 cm³/mol. The molecule has 3 heterocycles. The maximum Gasteiger partial charge on any atom is 0.137 e. The molecule has 0 fully saturated rings. The second-order valence-electron chi connectivity index (χ2n) is 16.6. The third-order valence-corrected chi connectivity index (χ3v) is 12.0. The molecule has 1 aliphatic heterocycles. The van der Waals surface area contributed by atoms with Crippen LogP contribution in [0.2, 0.25) is 0 Å². The second-order valence-corrected chi connectivity index (χ2v) is 16.6. The Morgan fingerprint density at radius 1 is 0.554 bits per heavy atom.